The van der Waals surface area contributed by atoms with Crippen LogP contribution >= 0.6 is 43.5 Å². The number of aromatic nitrogens is 4. The van der Waals surface area contributed by atoms with Crippen molar-refractivity contribution in [2.75, 3.05) is 19.5 Å². The molecule has 44 heavy (non-hydrogen) atoms. The topological polar surface area (TPSA) is 108 Å². The van der Waals surface area contributed by atoms with Gasteiger partial charge in [0.15, 0.2) is 0 Å². The Bertz CT molecular complexity index is 1710. The minimum atomic E-state index is 0. The number of hydrogen-bond acceptors (Lipinski definition) is 8. The van der Waals surface area contributed by atoms with Crippen molar-refractivity contribution >= 4 is 71.2 Å². The van der Waals surface area contributed by atoms with Gasteiger partial charge in [-0.1, -0.05) is 75.7 Å². The quantitative estimate of drug-likeness (QED) is 0.163. The largest absolute Gasteiger partial charge is 0.497 e. The minimum absolute atomic E-state index is 0. The number of nitrogens with two attached hydrogens (primary N) is 1. The highest BCUT2D eigenvalue weighted by Gasteiger charge is 2.02. The van der Waals surface area contributed by atoms with Crippen molar-refractivity contribution in [1.82, 2.24) is 19.9 Å². The SMILES string of the molecule is C.COc1ccc(CN)cc1.COc1ccc(CNc2ncc3ccc(Br)cc3n2)cc1.Clc1ncc2ccc(Br)cc2n1. The predicted molar refractivity (Wildman–Crippen MR) is 187 cm³/mol. The number of benzene rings is 4. The van der Waals surface area contributed by atoms with Crippen molar-refractivity contribution < 1.29 is 9.47 Å². The first-order valence-electron chi connectivity index (χ1n) is 13.1. The molecule has 6 aromatic rings. The molecule has 0 unspecified atom stereocenters. The fourth-order valence-electron chi connectivity index (χ4n) is 3.74. The summed E-state index contributed by atoms with van der Waals surface area (Å²) in [6.07, 6.45) is 3.53. The van der Waals surface area contributed by atoms with E-state index in [0.717, 1.165) is 53.4 Å². The molecule has 0 aliphatic heterocycles. The third-order valence-corrected chi connectivity index (χ3v) is 7.23. The first-order chi connectivity index (χ1) is 20.9. The normalized spacial score (nSPS) is 10.0. The molecular formula is C33H33Br2ClN6O2. The second-order valence-corrected chi connectivity index (χ2v) is 11.2. The number of nitrogens with one attached hydrogen (secondary N) is 1. The van der Waals surface area contributed by atoms with Gasteiger partial charge < -0.3 is 20.5 Å². The third kappa shape index (κ3) is 10.4. The standard InChI is InChI=1S/C16H14BrN3O.C8H4BrClN2.C8H11NO.CH4/c1-21-14-6-2-11(3-7-14)9-18-16-19-10-12-4-5-13(17)8-15(12)20-16;9-6-2-1-5-4-11-8(10)12-7(5)3-6;1-10-8-4-2-7(6-9)3-5-8;/h2-8,10H,9H2,1H3,(H,18,19,20);1-4H;2-5H,6,9H2,1H3;1H4. The Kier molecular flexibility index (Phi) is 13.8. The monoisotopic (exact) mass is 738 g/mol. The summed E-state index contributed by atoms with van der Waals surface area (Å²) in [5.41, 5.74) is 9.44. The van der Waals surface area contributed by atoms with Gasteiger partial charge in [-0.2, -0.15) is 0 Å². The smallest absolute Gasteiger partial charge is 0.223 e. The van der Waals surface area contributed by atoms with E-state index in [1.54, 1.807) is 20.4 Å². The molecule has 0 radical (unpaired) electrons. The molecule has 2 heterocycles. The summed E-state index contributed by atoms with van der Waals surface area (Å²) in [5, 5.41) is 5.52. The Morgan fingerprint density at radius 3 is 1.73 bits per heavy atom. The molecule has 0 saturated heterocycles. The summed E-state index contributed by atoms with van der Waals surface area (Å²) in [6.45, 7) is 1.26. The first kappa shape index (κ1) is 34.7. The van der Waals surface area contributed by atoms with Crippen molar-refractivity contribution in [2.45, 2.75) is 20.5 Å². The van der Waals surface area contributed by atoms with Gasteiger partial charge in [-0.25, -0.2) is 19.9 Å². The van der Waals surface area contributed by atoms with Gasteiger partial charge in [0.05, 0.1) is 25.3 Å². The van der Waals surface area contributed by atoms with Gasteiger partial charge in [0.25, 0.3) is 0 Å². The molecular weight excluding hydrogens is 708 g/mol. The zero-order valence-corrected chi connectivity index (χ0v) is 27.4. The fourth-order valence-corrected chi connectivity index (χ4v) is 4.58. The molecule has 228 valence electrons. The Morgan fingerprint density at radius 1 is 0.705 bits per heavy atom. The lowest BCUT2D eigenvalue weighted by atomic mass is 10.2. The molecule has 0 amide bonds. The molecule has 0 aliphatic carbocycles. The van der Waals surface area contributed by atoms with E-state index in [1.807, 2.05) is 91.1 Å². The van der Waals surface area contributed by atoms with E-state index in [-0.39, 0.29) is 12.7 Å². The third-order valence-electron chi connectivity index (χ3n) is 6.06. The van der Waals surface area contributed by atoms with Crippen molar-refractivity contribution in [3.8, 4) is 11.5 Å². The first-order valence-corrected chi connectivity index (χ1v) is 15.0. The van der Waals surface area contributed by atoms with E-state index in [0.29, 0.717) is 19.0 Å². The lowest BCUT2D eigenvalue weighted by Gasteiger charge is -2.07. The van der Waals surface area contributed by atoms with Gasteiger partial charge in [-0.15, -0.1) is 0 Å². The number of hydrogen-bond donors (Lipinski definition) is 2. The van der Waals surface area contributed by atoms with E-state index in [9.17, 15) is 0 Å². The van der Waals surface area contributed by atoms with Crippen LogP contribution in [0.3, 0.4) is 0 Å². The molecule has 0 aliphatic rings. The summed E-state index contributed by atoms with van der Waals surface area (Å²) in [5.74, 6) is 2.35. The van der Waals surface area contributed by atoms with Gasteiger partial charge in [0.1, 0.15) is 11.5 Å². The zero-order valence-electron chi connectivity index (χ0n) is 23.5. The number of methoxy groups -OCH3 is 2. The summed E-state index contributed by atoms with van der Waals surface area (Å²) in [7, 11) is 3.31. The molecule has 0 fully saturated rings. The highest BCUT2D eigenvalue weighted by molar-refractivity contribution is 9.10. The average Bonchev–Trinajstić information content (AvgIpc) is 3.04. The molecule has 0 saturated carbocycles. The molecule has 0 spiro atoms. The number of fused-ring (bicyclic) bond motifs is 2. The molecule has 3 N–H and O–H groups in total. The Labute approximate surface area is 279 Å². The highest BCUT2D eigenvalue weighted by Crippen LogP contribution is 2.20. The predicted octanol–water partition coefficient (Wildman–Crippen LogP) is 8.85. The van der Waals surface area contributed by atoms with Crippen LogP contribution in [0.15, 0.2) is 106 Å². The number of ether oxygens (including phenoxy) is 2. The average molecular weight is 741 g/mol. The van der Waals surface area contributed by atoms with Crippen LogP contribution in [0.2, 0.25) is 5.28 Å². The van der Waals surface area contributed by atoms with Crippen LogP contribution < -0.4 is 20.5 Å². The molecule has 6 rings (SSSR count). The van der Waals surface area contributed by atoms with Gasteiger partial charge in [0, 0.05) is 45.2 Å². The summed E-state index contributed by atoms with van der Waals surface area (Å²) in [6, 6.07) is 27.4. The van der Waals surface area contributed by atoms with Gasteiger partial charge in [-0.3, -0.25) is 0 Å². The number of nitrogens with zero attached hydrogens (tertiary/aromatic N) is 4. The van der Waals surface area contributed by atoms with Gasteiger partial charge >= 0.3 is 0 Å². The van der Waals surface area contributed by atoms with Crippen molar-refractivity contribution in [2.24, 2.45) is 5.73 Å². The maximum absolute atomic E-state index is 5.63. The highest BCUT2D eigenvalue weighted by atomic mass is 79.9. The van der Waals surface area contributed by atoms with Gasteiger partial charge in [-0.05, 0) is 71.3 Å². The minimum Gasteiger partial charge on any atom is -0.497 e. The molecule has 0 bridgehead atoms. The van der Waals surface area contributed by atoms with Crippen LogP contribution in [0.25, 0.3) is 21.8 Å². The lowest BCUT2D eigenvalue weighted by Crippen LogP contribution is -2.03. The number of rotatable bonds is 6. The summed E-state index contributed by atoms with van der Waals surface area (Å²) in [4.78, 5) is 16.8. The van der Waals surface area contributed by atoms with Crippen LogP contribution in [-0.4, -0.2) is 34.2 Å². The second-order valence-electron chi connectivity index (χ2n) is 8.99. The van der Waals surface area contributed by atoms with E-state index >= 15 is 0 Å². The Hall–Kier alpha value is -3.83. The van der Waals surface area contributed by atoms with Crippen LogP contribution in [0.5, 0.6) is 11.5 Å². The van der Waals surface area contributed by atoms with Crippen LogP contribution in [0.1, 0.15) is 18.6 Å². The number of halogens is 3. The maximum Gasteiger partial charge on any atom is 0.223 e. The molecule has 2 aromatic heterocycles. The summed E-state index contributed by atoms with van der Waals surface area (Å²) < 4.78 is 12.1. The van der Waals surface area contributed by atoms with E-state index in [2.05, 4.69) is 57.1 Å². The lowest BCUT2D eigenvalue weighted by molar-refractivity contribution is 0.414. The van der Waals surface area contributed by atoms with Crippen LogP contribution in [-0.2, 0) is 13.1 Å². The molecule has 4 aromatic carbocycles. The van der Waals surface area contributed by atoms with Crippen molar-refractivity contribution in [3.63, 3.8) is 0 Å². The van der Waals surface area contributed by atoms with E-state index in [4.69, 9.17) is 26.8 Å². The fraction of sp³-hybridized carbons (Fsp3) is 0.152. The summed E-state index contributed by atoms with van der Waals surface area (Å²) >= 11 is 12.4. The van der Waals surface area contributed by atoms with Crippen LogP contribution in [0, 0.1) is 0 Å². The maximum atomic E-state index is 5.63. The second kappa shape index (κ2) is 17.5. The molecule has 8 nitrogen and oxygen atoms in total. The van der Waals surface area contributed by atoms with Gasteiger partial charge in [0.2, 0.25) is 11.2 Å². The van der Waals surface area contributed by atoms with E-state index < -0.39 is 0 Å². The van der Waals surface area contributed by atoms with E-state index in [1.165, 1.54) is 0 Å². The Morgan fingerprint density at radius 2 is 1.20 bits per heavy atom. The molecule has 0 atom stereocenters. The van der Waals surface area contributed by atoms with Crippen LogP contribution in [0.4, 0.5) is 5.95 Å². The Balaban J connectivity index is 0.000000196. The van der Waals surface area contributed by atoms with Crippen molar-refractivity contribution in [3.05, 3.63) is 123 Å². The van der Waals surface area contributed by atoms with Crippen molar-refractivity contribution in [1.29, 1.82) is 0 Å². The molecule has 11 heteroatoms. The zero-order chi connectivity index (χ0) is 30.6. The number of anilines is 1.